The molecule has 2 heterocycles. The maximum Gasteiger partial charge on any atom is 0.131 e. The highest BCUT2D eigenvalue weighted by atomic mass is 32.1. The van der Waals surface area contributed by atoms with Crippen molar-refractivity contribution in [2.45, 2.75) is 39.0 Å². The highest BCUT2D eigenvalue weighted by Crippen LogP contribution is 2.18. The van der Waals surface area contributed by atoms with Gasteiger partial charge in [0.25, 0.3) is 0 Å². The van der Waals surface area contributed by atoms with E-state index in [4.69, 9.17) is 4.74 Å². The van der Waals surface area contributed by atoms with Crippen LogP contribution < -0.4 is 0 Å². The highest BCUT2D eigenvalue weighted by molar-refractivity contribution is 7.11. The Balaban J connectivity index is 1.40. The predicted molar refractivity (Wildman–Crippen MR) is 84.2 cm³/mol. The molecule has 1 aromatic carbocycles. The van der Waals surface area contributed by atoms with Gasteiger partial charge >= 0.3 is 0 Å². The van der Waals surface area contributed by atoms with E-state index >= 15 is 0 Å². The van der Waals surface area contributed by atoms with Crippen molar-refractivity contribution in [3.8, 4) is 0 Å². The van der Waals surface area contributed by atoms with Gasteiger partial charge in [0.05, 0.1) is 19.3 Å². The number of hydrogen-bond donors (Lipinski definition) is 0. The number of aryl methyl sites for hydroxylation is 1. The van der Waals surface area contributed by atoms with Gasteiger partial charge in [-0.25, -0.2) is 0 Å². The van der Waals surface area contributed by atoms with Gasteiger partial charge in [0.2, 0.25) is 0 Å². The molecular weight excluding hydrogens is 282 g/mol. The van der Waals surface area contributed by atoms with Gasteiger partial charge in [0.15, 0.2) is 0 Å². The van der Waals surface area contributed by atoms with Crippen LogP contribution in [0, 0.1) is 6.92 Å². The van der Waals surface area contributed by atoms with E-state index in [9.17, 15) is 0 Å². The summed E-state index contributed by atoms with van der Waals surface area (Å²) in [6.45, 7) is 5.82. The molecule has 112 valence electrons. The van der Waals surface area contributed by atoms with Crippen molar-refractivity contribution in [1.29, 1.82) is 0 Å². The summed E-state index contributed by atoms with van der Waals surface area (Å²) in [5.74, 6) is 0. The lowest BCUT2D eigenvalue weighted by atomic mass is 10.1. The molecule has 0 spiro atoms. The van der Waals surface area contributed by atoms with Crippen molar-refractivity contribution in [1.82, 2.24) is 15.1 Å². The molecule has 0 N–H and O–H groups in total. The second kappa shape index (κ2) is 7.11. The van der Waals surface area contributed by atoms with Crippen LogP contribution in [0.5, 0.6) is 0 Å². The maximum absolute atomic E-state index is 6.02. The smallest absolute Gasteiger partial charge is 0.131 e. The molecule has 0 bridgehead atoms. The first-order valence-electron chi connectivity index (χ1n) is 7.46. The zero-order valence-corrected chi connectivity index (χ0v) is 13.2. The van der Waals surface area contributed by atoms with E-state index in [1.54, 1.807) is 11.3 Å². The van der Waals surface area contributed by atoms with Crippen molar-refractivity contribution in [2.24, 2.45) is 0 Å². The summed E-state index contributed by atoms with van der Waals surface area (Å²) in [7, 11) is 0. The van der Waals surface area contributed by atoms with E-state index in [0.717, 1.165) is 49.1 Å². The van der Waals surface area contributed by atoms with E-state index in [1.165, 1.54) is 5.56 Å². The zero-order chi connectivity index (χ0) is 14.5. The van der Waals surface area contributed by atoms with Gasteiger partial charge in [-0.2, -0.15) is 0 Å². The summed E-state index contributed by atoms with van der Waals surface area (Å²) in [6, 6.07) is 10.4. The van der Waals surface area contributed by atoms with Gasteiger partial charge in [-0.15, -0.1) is 21.5 Å². The second-order valence-electron chi connectivity index (χ2n) is 5.49. The number of rotatable bonds is 5. The topological polar surface area (TPSA) is 38.2 Å². The molecule has 1 aliphatic rings. The van der Waals surface area contributed by atoms with Crippen molar-refractivity contribution in [3.05, 3.63) is 45.9 Å². The van der Waals surface area contributed by atoms with Crippen molar-refractivity contribution < 1.29 is 4.74 Å². The summed E-state index contributed by atoms with van der Waals surface area (Å²) >= 11 is 1.69. The number of hydrogen-bond acceptors (Lipinski definition) is 5. The summed E-state index contributed by atoms with van der Waals surface area (Å²) in [5, 5.41) is 10.4. The lowest BCUT2D eigenvalue weighted by Gasteiger charge is -2.31. The van der Waals surface area contributed by atoms with E-state index in [1.807, 2.05) is 13.0 Å². The first kappa shape index (κ1) is 14.6. The molecule has 0 atom stereocenters. The fourth-order valence-corrected chi connectivity index (χ4v) is 3.37. The molecule has 21 heavy (non-hydrogen) atoms. The largest absolute Gasteiger partial charge is 0.373 e. The number of aromatic nitrogens is 2. The van der Waals surface area contributed by atoms with Gasteiger partial charge in [-0.1, -0.05) is 30.3 Å². The summed E-state index contributed by atoms with van der Waals surface area (Å²) in [5.41, 5.74) is 1.25. The number of benzene rings is 1. The third-order valence-corrected chi connectivity index (χ3v) is 4.61. The Bertz CT molecular complexity index is 550. The second-order valence-corrected chi connectivity index (χ2v) is 6.75. The standard InChI is InChI=1S/C16H21N3OS/c1-13-17-18-16(21-13)11-19-9-7-15(8-10-19)20-12-14-5-3-2-4-6-14/h2-6,15H,7-12H2,1H3. The Morgan fingerprint density at radius 1 is 1.19 bits per heavy atom. The Labute approximate surface area is 129 Å². The van der Waals surface area contributed by atoms with Gasteiger partial charge in [0, 0.05) is 13.1 Å². The van der Waals surface area contributed by atoms with E-state index < -0.39 is 0 Å². The van der Waals surface area contributed by atoms with Crippen LogP contribution in [-0.2, 0) is 17.9 Å². The molecule has 2 aromatic rings. The highest BCUT2D eigenvalue weighted by Gasteiger charge is 2.20. The molecule has 0 saturated carbocycles. The van der Waals surface area contributed by atoms with Crippen LogP contribution >= 0.6 is 11.3 Å². The first-order chi connectivity index (χ1) is 10.3. The van der Waals surface area contributed by atoms with Crippen LogP contribution in [-0.4, -0.2) is 34.3 Å². The van der Waals surface area contributed by atoms with Crippen LogP contribution in [0.3, 0.4) is 0 Å². The van der Waals surface area contributed by atoms with E-state index in [2.05, 4.69) is 39.4 Å². The van der Waals surface area contributed by atoms with Crippen molar-refractivity contribution >= 4 is 11.3 Å². The van der Waals surface area contributed by atoms with Crippen LogP contribution in [0.25, 0.3) is 0 Å². The minimum Gasteiger partial charge on any atom is -0.373 e. The Morgan fingerprint density at radius 3 is 2.62 bits per heavy atom. The molecule has 0 amide bonds. The third-order valence-electron chi connectivity index (χ3n) is 3.79. The van der Waals surface area contributed by atoms with Crippen molar-refractivity contribution in [3.63, 3.8) is 0 Å². The minimum atomic E-state index is 0.387. The van der Waals surface area contributed by atoms with Crippen LogP contribution in [0.4, 0.5) is 0 Å². The molecule has 1 aliphatic heterocycles. The molecule has 3 rings (SSSR count). The third kappa shape index (κ3) is 4.33. The lowest BCUT2D eigenvalue weighted by Crippen LogP contribution is -2.36. The average Bonchev–Trinajstić information content (AvgIpc) is 2.93. The molecule has 0 aliphatic carbocycles. The van der Waals surface area contributed by atoms with Crippen LogP contribution in [0.1, 0.15) is 28.4 Å². The van der Waals surface area contributed by atoms with Crippen LogP contribution in [0.2, 0.25) is 0 Å². The quantitative estimate of drug-likeness (QED) is 0.851. The number of likely N-dealkylation sites (tertiary alicyclic amines) is 1. The molecule has 0 unspecified atom stereocenters. The van der Waals surface area contributed by atoms with Gasteiger partial charge in [0.1, 0.15) is 10.0 Å². The summed E-state index contributed by atoms with van der Waals surface area (Å²) in [4.78, 5) is 2.45. The Hall–Kier alpha value is -1.30. The lowest BCUT2D eigenvalue weighted by molar-refractivity contribution is -0.00397. The van der Waals surface area contributed by atoms with Gasteiger partial charge < -0.3 is 4.74 Å². The molecule has 4 nitrogen and oxygen atoms in total. The molecule has 1 fully saturated rings. The molecule has 5 heteroatoms. The first-order valence-corrected chi connectivity index (χ1v) is 8.28. The van der Waals surface area contributed by atoms with E-state index in [-0.39, 0.29) is 0 Å². The normalized spacial score (nSPS) is 17.2. The number of nitrogens with zero attached hydrogens (tertiary/aromatic N) is 3. The fourth-order valence-electron chi connectivity index (χ4n) is 2.62. The van der Waals surface area contributed by atoms with Crippen LogP contribution in [0.15, 0.2) is 30.3 Å². The number of ether oxygens (including phenoxy) is 1. The number of piperidine rings is 1. The summed E-state index contributed by atoms with van der Waals surface area (Å²) < 4.78 is 6.02. The minimum absolute atomic E-state index is 0.387. The molecule has 0 radical (unpaired) electrons. The predicted octanol–water partition coefficient (Wildman–Crippen LogP) is 3.03. The Morgan fingerprint density at radius 2 is 1.95 bits per heavy atom. The SMILES string of the molecule is Cc1nnc(CN2CCC(OCc3ccccc3)CC2)s1. The molecule has 1 saturated heterocycles. The van der Waals surface area contributed by atoms with Gasteiger partial charge in [-0.05, 0) is 25.3 Å². The molecular formula is C16H21N3OS. The van der Waals surface area contributed by atoms with Crippen molar-refractivity contribution in [2.75, 3.05) is 13.1 Å². The monoisotopic (exact) mass is 303 g/mol. The zero-order valence-electron chi connectivity index (χ0n) is 12.4. The fraction of sp³-hybridized carbons (Fsp3) is 0.500. The summed E-state index contributed by atoms with van der Waals surface area (Å²) in [6.07, 6.45) is 2.59. The Kier molecular flexibility index (Phi) is 4.95. The molecule has 1 aromatic heterocycles. The average molecular weight is 303 g/mol. The van der Waals surface area contributed by atoms with E-state index in [0.29, 0.717) is 6.10 Å². The van der Waals surface area contributed by atoms with Gasteiger partial charge in [-0.3, -0.25) is 4.90 Å². The maximum atomic E-state index is 6.02.